The highest BCUT2D eigenvalue weighted by Crippen LogP contribution is 2.43. The van der Waals surface area contributed by atoms with Gasteiger partial charge in [0, 0.05) is 22.5 Å². The predicted octanol–water partition coefficient (Wildman–Crippen LogP) is 3.51. The van der Waals surface area contributed by atoms with E-state index in [1.54, 1.807) is 7.11 Å². The summed E-state index contributed by atoms with van der Waals surface area (Å²) >= 11 is 6.01. The minimum absolute atomic E-state index is 0.0915. The fourth-order valence-corrected chi connectivity index (χ4v) is 3.08. The zero-order valence-corrected chi connectivity index (χ0v) is 11.1. The molecule has 17 heavy (non-hydrogen) atoms. The van der Waals surface area contributed by atoms with E-state index in [2.05, 4.69) is 6.07 Å². The van der Waals surface area contributed by atoms with Crippen molar-refractivity contribution < 1.29 is 4.74 Å². The molecule has 0 amide bonds. The van der Waals surface area contributed by atoms with Gasteiger partial charge in [-0.05, 0) is 25.0 Å². The highest BCUT2D eigenvalue weighted by molar-refractivity contribution is 6.30. The van der Waals surface area contributed by atoms with Crippen molar-refractivity contribution in [1.29, 1.82) is 0 Å². The number of methoxy groups -OCH3 is 1. The molecule has 0 saturated heterocycles. The smallest absolute Gasteiger partial charge is 0.124 e. The van der Waals surface area contributed by atoms with Crippen LogP contribution in [-0.4, -0.2) is 13.7 Å². The van der Waals surface area contributed by atoms with Gasteiger partial charge in [-0.3, -0.25) is 0 Å². The number of halogens is 1. The summed E-state index contributed by atoms with van der Waals surface area (Å²) in [7, 11) is 1.70. The summed E-state index contributed by atoms with van der Waals surface area (Å²) < 4.78 is 5.47. The first kappa shape index (κ1) is 12.7. The fraction of sp³-hybridized carbons (Fsp3) is 0.571. The van der Waals surface area contributed by atoms with Gasteiger partial charge < -0.3 is 10.5 Å². The average Bonchev–Trinajstić information content (AvgIpc) is 2.39. The van der Waals surface area contributed by atoms with E-state index in [9.17, 15) is 0 Å². The largest absolute Gasteiger partial charge is 0.496 e. The molecule has 0 heterocycles. The monoisotopic (exact) mass is 253 g/mol. The molecule has 0 unspecified atom stereocenters. The van der Waals surface area contributed by atoms with E-state index in [4.69, 9.17) is 22.1 Å². The first-order valence-electron chi connectivity index (χ1n) is 6.26. The minimum Gasteiger partial charge on any atom is -0.496 e. The number of hydrogen-bond acceptors (Lipinski definition) is 2. The highest BCUT2D eigenvalue weighted by Gasteiger charge is 2.34. The molecule has 3 heteroatoms. The Bertz CT molecular complexity index is 386. The van der Waals surface area contributed by atoms with Gasteiger partial charge in [0.2, 0.25) is 0 Å². The zero-order chi connectivity index (χ0) is 12.3. The van der Waals surface area contributed by atoms with Crippen LogP contribution in [0.1, 0.15) is 37.7 Å². The van der Waals surface area contributed by atoms with E-state index in [0.29, 0.717) is 11.6 Å². The zero-order valence-electron chi connectivity index (χ0n) is 10.3. The number of benzene rings is 1. The average molecular weight is 254 g/mol. The number of nitrogens with two attached hydrogens (primary N) is 1. The first-order chi connectivity index (χ1) is 8.22. The van der Waals surface area contributed by atoms with Crippen molar-refractivity contribution in [3.8, 4) is 5.75 Å². The Hall–Kier alpha value is -0.730. The van der Waals surface area contributed by atoms with Crippen LogP contribution in [0.5, 0.6) is 5.75 Å². The van der Waals surface area contributed by atoms with Gasteiger partial charge >= 0.3 is 0 Å². The second-order valence-electron chi connectivity index (χ2n) is 4.89. The molecule has 94 valence electrons. The minimum atomic E-state index is 0.0915. The lowest BCUT2D eigenvalue weighted by Crippen LogP contribution is -2.37. The summed E-state index contributed by atoms with van der Waals surface area (Å²) in [6.07, 6.45) is 6.13. The lowest BCUT2D eigenvalue weighted by Gasteiger charge is -2.37. The molecular weight excluding hydrogens is 234 g/mol. The molecule has 1 aromatic rings. The fourth-order valence-electron chi connectivity index (χ4n) is 2.92. The van der Waals surface area contributed by atoms with Crippen LogP contribution in [0.15, 0.2) is 18.2 Å². The summed E-state index contributed by atoms with van der Waals surface area (Å²) in [5.74, 6) is 0.879. The Morgan fingerprint density at radius 3 is 2.59 bits per heavy atom. The van der Waals surface area contributed by atoms with Crippen LogP contribution in [-0.2, 0) is 5.41 Å². The lowest BCUT2D eigenvalue weighted by molar-refractivity contribution is 0.288. The Morgan fingerprint density at radius 2 is 2.00 bits per heavy atom. The molecule has 1 aliphatic carbocycles. The molecule has 0 radical (unpaired) electrons. The molecule has 2 N–H and O–H groups in total. The topological polar surface area (TPSA) is 35.2 Å². The van der Waals surface area contributed by atoms with Gasteiger partial charge in [0.25, 0.3) is 0 Å². The van der Waals surface area contributed by atoms with Crippen LogP contribution in [0.2, 0.25) is 5.02 Å². The van der Waals surface area contributed by atoms with Crippen molar-refractivity contribution in [1.82, 2.24) is 0 Å². The predicted molar refractivity (Wildman–Crippen MR) is 71.8 cm³/mol. The van der Waals surface area contributed by atoms with Crippen molar-refractivity contribution in [2.24, 2.45) is 5.73 Å². The number of ether oxygens (including phenoxy) is 1. The molecule has 2 nitrogen and oxygen atoms in total. The van der Waals surface area contributed by atoms with Crippen LogP contribution in [0.4, 0.5) is 0 Å². The molecule has 1 fully saturated rings. The third kappa shape index (κ3) is 2.43. The lowest BCUT2D eigenvalue weighted by atomic mass is 9.69. The second kappa shape index (κ2) is 5.28. The van der Waals surface area contributed by atoms with Gasteiger partial charge in [-0.15, -0.1) is 0 Å². The maximum atomic E-state index is 6.04. The molecule has 1 aliphatic rings. The van der Waals surface area contributed by atoms with Crippen molar-refractivity contribution in [3.05, 3.63) is 28.8 Å². The first-order valence-corrected chi connectivity index (χ1v) is 6.64. The Balaban J connectivity index is 2.42. The third-order valence-electron chi connectivity index (χ3n) is 3.94. The third-order valence-corrected chi connectivity index (χ3v) is 4.17. The molecular formula is C14H20ClNO. The van der Waals surface area contributed by atoms with Gasteiger partial charge in [0.05, 0.1) is 7.11 Å². The van der Waals surface area contributed by atoms with Crippen molar-refractivity contribution in [2.75, 3.05) is 13.7 Å². The van der Waals surface area contributed by atoms with E-state index in [0.717, 1.165) is 18.6 Å². The van der Waals surface area contributed by atoms with Crippen molar-refractivity contribution in [3.63, 3.8) is 0 Å². The van der Waals surface area contributed by atoms with Gasteiger partial charge in [-0.25, -0.2) is 0 Å². The molecule has 1 saturated carbocycles. The van der Waals surface area contributed by atoms with Crippen LogP contribution in [0.25, 0.3) is 0 Å². The summed E-state index contributed by atoms with van der Waals surface area (Å²) in [4.78, 5) is 0. The maximum Gasteiger partial charge on any atom is 0.124 e. The molecule has 0 atom stereocenters. The SMILES string of the molecule is COc1cc(Cl)ccc1C1(CN)CCCCC1. The van der Waals surface area contributed by atoms with E-state index in [1.165, 1.54) is 24.8 Å². The Morgan fingerprint density at radius 1 is 1.29 bits per heavy atom. The number of hydrogen-bond donors (Lipinski definition) is 1. The number of rotatable bonds is 3. The van der Waals surface area contributed by atoms with Gasteiger partial charge in [-0.2, -0.15) is 0 Å². The highest BCUT2D eigenvalue weighted by atomic mass is 35.5. The van der Waals surface area contributed by atoms with E-state index in [-0.39, 0.29) is 5.41 Å². The van der Waals surface area contributed by atoms with Gasteiger partial charge in [0.15, 0.2) is 0 Å². The Labute approximate surface area is 108 Å². The Kier molecular flexibility index (Phi) is 3.95. The quantitative estimate of drug-likeness (QED) is 0.895. The molecule has 0 aliphatic heterocycles. The molecule has 1 aromatic carbocycles. The maximum absolute atomic E-state index is 6.04. The van der Waals surface area contributed by atoms with Crippen molar-refractivity contribution >= 4 is 11.6 Å². The molecule has 0 bridgehead atoms. The van der Waals surface area contributed by atoms with Crippen LogP contribution in [0.3, 0.4) is 0 Å². The summed E-state index contributed by atoms with van der Waals surface area (Å²) in [5, 5.41) is 0.716. The van der Waals surface area contributed by atoms with Crippen LogP contribution in [0, 0.1) is 0 Å². The molecule has 2 rings (SSSR count). The van der Waals surface area contributed by atoms with Crippen LogP contribution < -0.4 is 10.5 Å². The van der Waals surface area contributed by atoms with Crippen molar-refractivity contribution in [2.45, 2.75) is 37.5 Å². The van der Waals surface area contributed by atoms with Gasteiger partial charge in [-0.1, -0.05) is 36.9 Å². The normalized spacial score (nSPS) is 19.0. The summed E-state index contributed by atoms with van der Waals surface area (Å²) in [6.45, 7) is 0.686. The van der Waals surface area contributed by atoms with E-state index >= 15 is 0 Å². The molecule has 0 aromatic heterocycles. The standard InChI is InChI=1S/C14H20ClNO/c1-17-13-9-11(15)5-6-12(13)14(10-16)7-3-2-4-8-14/h5-6,9H,2-4,7-8,10,16H2,1H3. The van der Waals surface area contributed by atoms with Gasteiger partial charge in [0.1, 0.15) is 5.75 Å². The second-order valence-corrected chi connectivity index (χ2v) is 5.33. The summed E-state index contributed by atoms with van der Waals surface area (Å²) in [5.41, 5.74) is 7.36. The van der Waals surface area contributed by atoms with E-state index < -0.39 is 0 Å². The molecule has 0 spiro atoms. The van der Waals surface area contributed by atoms with E-state index in [1.807, 2.05) is 12.1 Å². The van der Waals surface area contributed by atoms with Crippen LogP contribution >= 0.6 is 11.6 Å². The summed E-state index contributed by atoms with van der Waals surface area (Å²) in [6, 6.07) is 5.91.